The molecule has 0 saturated heterocycles. The summed E-state index contributed by atoms with van der Waals surface area (Å²) >= 11 is 0. The number of para-hydroxylation sites is 1. The maximum absolute atomic E-state index is 12.2. The predicted octanol–water partition coefficient (Wildman–Crippen LogP) is 2.65. The van der Waals surface area contributed by atoms with Crippen molar-refractivity contribution in [3.63, 3.8) is 0 Å². The fourth-order valence-electron chi connectivity index (χ4n) is 2.35. The van der Waals surface area contributed by atoms with Crippen LogP contribution in [0, 0.1) is 0 Å². The largest absolute Gasteiger partial charge is 0.508 e. The van der Waals surface area contributed by atoms with Gasteiger partial charge in [0.1, 0.15) is 11.5 Å². The van der Waals surface area contributed by atoms with E-state index in [2.05, 4.69) is 5.32 Å². The first-order valence-corrected chi connectivity index (χ1v) is 6.55. The van der Waals surface area contributed by atoms with Crippen molar-refractivity contribution in [1.29, 1.82) is 0 Å². The molecular formula is C16H15NO3. The van der Waals surface area contributed by atoms with Gasteiger partial charge in [-0.15, -0.1) is 0 Å². The molecule has 0 radical (unpaired) electrons. The SMILES string of the molecule is O=C(N[C@@H]1CCOc2ccccc21)c1ccc(O)cc1. The molecule has 2 aromatic carbocycles. The first-order valence-electron chi connectivity index (χ1n) is 6.55. The molecule has 4 nitrogen and oxygen atoms in total. The van der Waals surface area contributed by atoms with Gasteiger partial charge >= 0.3 is 0 Å². The third-order valence-electron chi connectivity index (χ3n) is 3.39. The third kappa shape index (κ3) is 2.45. The first-order chi connectivity index (χ1) is 9.74. The van der Waals surface area contributed by atoms with Gasteiger partial charge < -0.3 is 15.2 Å². The lowest BCUT2D eigenvalue weighted by molar-refractivity contribution is 0.0925. The number of fused-ring (bicyclic) bond motifs is 1. The van der Waals surface area contributed by atoms with Crippen molar-refractivity contribution in [2.24, 2.45) is 0 Å². The van der Waals surface area contributed by atoms with E-state index < -0.39 is 0 Å². The molecule has 1 atom stereocenters. The molecule has 0 bridgehead atoms. The zero-order chi connectivity index (χ0) is 13.9. The summed E-state index contributed by atoms with van der Waals surface area (Å²) in [5.41, 5.74) is 1.54. The molecule has 1 amide bonds. The number of carbonyl (C=O) groups excluding carboxylic acids is 1. The number of phenolic OH excluding ortho intramolecular Hbond substituents is 1. The Morgan fingerprint density at radius 1 is 1.15 bits per heavy atom. The number of amides is 1. The van der Waals surface area contributed by atoms with Crippen LogP contribution < -0.4 is 10.1 Å². The molecule has 3 rings (SSSR count). The quantitative estimate of drug-likeness (QED) is 0.881. The number of aromatic hydroxyl groups is 1. The second-order valence-electron chi connectivity index (χ2n) is 4.75. The highest BCUT2D eigenvalue weighted by molar-refractivity contribution is 5.94. The summed E-state index contributed by atoms with van der Waals surface area (Å²) < 4.78 is 5.57. The van der Waals surface area contributed by atoms with Crippen molar-refractivity contribution < 1.29 is 14.6 Å². The van der Waals surface area contributed by atoms with E-state index in [1.54, 1.807) is 12.1 Å². The summed E-state index contributed by atoms with van der Waals surface area (Å²) in [5, 5.41) is 12.3. The standard InChI is InChI=1S/C16H15NO3/c18-12-7-5-11(6-8-12)16(19)17-14-9-10-20-15-4-2-1-3-13(14)15/h1-8,14,18H,9-10H2,(H,17,19)/t14-/m1/s1. The normalized spacial score (nSPS) is 16.9. The molecule has 1 aliphatic heterocycles. The fourth-order valence-corrected chi connectivity index (χ4v) is 2.35. The predicted molar refractivity (Wildman–Crippen MR) is 74.9 cm³/mol. The summed E-state index contributed by atoms with van der Waals surface area (Å²) in [4.78, 5) is 12.2. The number of hydrogen-bond donors (Lipinski definition) is 2. The molecule has 0 aliphatic carbocycles. The molecule has 0 unspecified atom stereocenters. The van der Waals surface area contributed by atoms with Gasteiger partial charge in [0, 0.05) is 17.5 Å². The minimum Gasteiger partial charge on any atom is -0.508 e. The van der Waals surface area contributed by atoms with Crippen LogP contribution in [0.15, 0.2) is 48.5 Å². The fraction of sp³-hybridized carbons (Fsp3) is 0.188. The molecule has 0 aromatic heterocycles. The van der Waals surface area contributed by atoms with Gasteiger partial charge in [-0.25, -0.2) is 0 Å². The minimum absolute atomic E-state index is 0.0405. The van der Waals surface area contributed by atoms with Crippen LogP contribution in [0.3, 0.4) is 0 Å². The second kappa shape index (κ2) is 5.25. The Hall–Kier alpha value is -2.49. The average molecular weight is 269 g/mol. The number of benzene rings is 2. The molecule has 102 valence electrons. The van der Waals surface area contributed by atoms with Crippen molar-refractivity contribution >= 4 is 5.91 Å². The van der Waals surface area contributed by atoms with Gasteiger partial charge in [-0.1, -0.05) is 18.2 Å². The number of nitrogens with one attached hydrogen (secondary N) is 1. The van der Waals surface area contributed by atoms with Gasteiger partial charge in [0.05, 0.1) is 12.6 Å². The van der Waals surface area contributed by atoms with Crippen molar-refractivity contribution in [2.45, 2.75) is 12.5 Å². The highest BCUT2D eigenvalue weighted by Gasteiger charge is 2.22. The lowest BCUT2D eigenvalue weighted by Crippen LogP contribution is -2.32. The number of rotatable bonds is 2. The molecule has 2 aromatic rings. The molecule has 2 N–H and O–H groups in total. The van der Waals surface area contributed by atoms with E-state index in [9.17, 15) is 9.90 Å². The van der Waals surface area contributed by atoms with Gasteiger partial charge in [-0.05, 0) is 30.3 Å². The molecule has 20 heavy (non-hydrogen) atoms. The van der Waals surface area contributed by atoms with E-state index in [4.69, 9.17) is 4.74 Å². The number of carbonyl (C=O) groups is 1. The van der Waals surface area contributed by atoms with Gasteiger partial charge in [0.2, 0.25) is 0 Å². The Morgan fingerprint density at radius 2 is 1.90 bits per heavy atom. The highest BCUT2D eigenvalue weighted by atomic mass is 16.5. The molecular weight excluding hydrogens is 254 g/mol. The summed E-state index contributed by atoms with van der Waals surface area (Å²) in [7, 11) is 0. The average Bonchev–Trinajstić information content (AvgIpc) is 2.48. The summed E-state index contributed by atoms with van der Waals surface area (Å²) in [6.45, 7) is 0.595. The molecule has 0 fully saturated rings. The van der Waals surface area contributed by atoms with Crippen LogP contribution in [-0.2, 0) is 0 Å². The first kappa shape index (κ1) is 12.5. The van der Waals surface area contributed by atoms with E-state index >= 15 is 0 Å². The maximum Gasteiger partial charge on any atom is 0.251 e. The second-order valence-corrected chi connectivity index (χ2v) is 4.75. The van der Waals surface area contributed by atoms with Crippen LogP contribution in [0.4, 0.5) is 0 Å². The maximum atomic E-state index is 12.2. The Labute approximate surface area is 117 Å². The van der Waals surface area contributed by atoms with Crippen LogP contribution in [0.2, 0.25) is 0 Å². The lowest BCUT2D eigenvalue weighted by atomic mass is 10.00. The highest BCUT2D eigenvalue weighted by Crippen LogP contribution is 2.31. The smallest absolute Gasteiger partial charge is 0.251 e. The van der Waals surface area contributed by atoms with Crippen LogP contribution in [-0.4, -0.2) is 17.6 Å². The molecule has 0 spiro atoms. The van der Waals surface area contributed by atoms with E-state index in [0.29, 0.717) is 12.2 Å². The van der Waals surface area contributed by atoms with Gasteiger partial charge in [-0.2, -0.15) is 0 Å². The topological polar surface area (TPSA) is 58.6 Å². The Bertz CT molecular complexity index is 622. The molecule has 1 heterocycles. The van der Waals surface area contributed by atoms with E-state index in [1.165, 1.54) is 12.1 Å². The van der Waals surface area contributed by atoms with E-state index in [0.717, 1.165) is 17.7 Å². The van der Waals surface area contributed by atoms with Crippen molar-refractivity contribution in [3.8, 4) is 11.5 Å². The third-order valence-corrected chi connectivity index (χ3v) is 3.39. The van der Waals surface area contributed by atoms with Crippen LogP contribution in [0.25, 0.3) is 0 Å². The summed E-state index contributed by atoms with van der Waals surface area (Å²) in [6.07, 6.45) is 0.751. The van der Waals surface area contributed by atoms with Crippen LogP contribution in [0.5, 0.6) is 11.5 Å². The Morgan fingerprint density at radius 3 is 2.70 bits per heavy atom. The van der Waals surface area contributed by atoms with Crippen LogP contribution >= 0.6 is 0 Å². The van der Waals surface area contributed by atoms with E-state index in [-0.39, 0.29) is 17.7 Å². The zero-order valence-electron chi connectivity index (χ0n) is 10.9. The van der Waals surface area contributed by atoms with Crippen molar-refractivity contribution in [3.05, 3.63) is 59.7 Å². The number of ether oxygens (including phenoxy) is 1. The molecule has 4 heteroatoms. The van der Waals surface area contributed by atoms with Crippen molar-refractivity contribution in [1.82, 2.24) is 5.32 Å². The van der Waals surface area contributed by atoms with Gasteiger partial charge in [0.15, 0.2) is 0 Å². The minimum atomic E-state index is -0.147. The van der Waals surface area contributed by atoms with E-state index in [1.807, 2.05) is 24.3 Å². The zero-order valence-corrected chi connectivity index (χ0v) is 10.9. The van der Waals surface area contributed by atoms with Crippen molar-refractivity contribution in [2.75, 3.05) is 6.61 Å². The number of hydrogen-bond acceptors (Lipinski definition) is 3. The van der Waals surface area contributed by atoms with Gasteiger partial charge in [-0.3, -0.25) is 4.79 Å². The summed E-state index contributed by atoms with van der Waals surface area (Å²) in [5.74, 6) is 0.833. The lowest BCUT2D eigenvalue weighted by Gasteiger charge is -2.26. The summed E-state index contributed by atoms with van der Waals surface area (Å²) in [6, 6.07) is 13.9. The van der Waals surface area contributed by atoms with Crippen LogP contribution in [0.1, 0.15) is 28.4 Å². The molecule has 0 saturated carbocycles. The van der Waals surface area contributed by atoms with Gasteiger partial charge in [0.25, 0.3) is 5.91 Å². The number of phenols is 1. The monoisotopic (exact) mass is 269 g/mol. The Kier molecular flexibility index (Phi) is 3.29. The Balaban J connectivity index is 1.79. The molecule has 1 aliphatic rings.